The molecule has 9 heteroatoms. The molecule has 0 heterocycles. The third-order valence-corrected chi connectivity index (χ3v) is 1.57. The van der Waals surface area contributed by atoms with E-state index in [2.05, 4.69) is 15.8 Å². The number of alkyl halides is 3. The van der Waals surface area contributed by atoms with Crippen LogP contribution in [0.2, 0.25) is 0 Å². The van der Waals surface area contributed by atoms with Gasteiger partial charge in [-0.1, -0.05) is 0 Å². The standard InChI is InChI=1S/C2ClF3O4S/c3-1(7)10-11(8,9)2(4,5)6. The summed E-state index contributed by atoms with van der Waals surface area (Å²) in [6.45, 7) is 0. The fraction of sp³-hybridized carbons (Fsp3) is 0.500. The maximum atomic E-state index is 11.3. The Morgan fingerprint density at radius 2 is 1.73 bits per heavy atom. The lowest BCUT2D eigenvalue weighted by molar-refractivity contribution is -0.0511. The second kappa shape index (κ2) is 2.86. The van der Waals surface area contributed by atoms with E-state index in [1.807, 2.05) is 0 Å². The largest absolute Gasteiger partial charge is 0.534 e. The lowest BCUT2D eigenvalue weighted by Gasteiger charge is -2.04. The summed E-state index contributed by atoms with van der Waals surface area (Å²) in [7, 11) is -5.88. The minimum absolute atomic E-state index is 2.05. The van der Waals surface area contributed by atoms with Gasteiger partial charge in [0.25, 0.3) is 0 Å². The van der Waals surface area contributed by atoms with Crippen LogP contribution < -0.4 is 0 Å². The molecule has 0 aromatic heterocycles. The summed E-state index contributed by atoms with van der Waals surface area (Å²) >= 11 is 4.23. The van der Waals surface area contributed by atoms with Gasteiger partial charge in [-0.15, -0.1) is 0 Å². The molecule has 0 saturated heterocycles. The molecule has 0 aromatic rings. The van der Waals surface area contributed by atoms with Crippen molar-refractivity contribution in [3.63, 3.8) is 0 Å². The van der Waals surface area contributed by atoms with Gasteiger partial charge in [-0.25, -0.2) is 4.79 Å². The van der Waals surface area contributed by atoms with Crippen LogP contribution in [0.1, 0.15) is 0 Å². The fourth-order valence-electron chi connectivity index (χ4n) is 0.133. The van der Waals surface area contributed by atoms with Crippen molar-refractivity contribution in [1.82, 2.24) is 0 Å². The average Bonchev–Trinajstić information content (AvgIpc) is 1.56. The Kier molecular flexibility index (Phi) is 2.73. The molecule has 4 nitrogen and oxygen atoms in total. The van der Waals surface area contributed by atoms with E-state index in [-0.39, 0.29) is 0 Å². The molecule has 0 radical (unpaired) electrons. The minimum atomic E-state index is -5.88. The quantitative estimate of drug-likeness (QED) is 0.372. The van der Waals surface area contributed by atoms with Crippen LogP contribution in [0.15, 0.2) is 0 Å². The summed E-state index contributed by atoms with van der Waals surface area (Å²) < 4.78 is 56.2. The molecule has 0 amide bonds. The van der Waals surface area contributed by atoms with Gasteiger partial charge in [0.15, 0.2) is 0 Å². The summed E-state index contributed by atoms with van der Waals surface area (Å²) in [6, 6.07) is 0. The summed E-state index contributed by atoms with van der Waals surface area (Å²) in [5.41, 5.74) is -7.68. The summed E-state index contributed by atoms with van der Waals surface area (Å²) in [4.78, 5) is 9.57. The van der Waals surface area contributed by atoms with Crippen molar-refractivity contribution >= 4 is 27.1 Å². The Balaban J connectivity index is 4.64. The van der Waals surface area contributed by atoms with Gasteiger partial charge >= 0.3 is 21.1 Å². The van der Waals surface area contributed by atoms with Crippen LogP contribution >= 0.6 is 11.6 Å². The molecular formula is C2ClF3O4S. The van der Waals surface area contributed by atoms with Gasteiger partial charge in [0.05, 0.1) is 0 Å². The first-order chi connectivity index (χ1) is 4.67. The van der Waals surface area contributed by atoms with Gasteiger partial charge in [-0.05, 0) is 0 Å². The van der Waals surface area contributed by atoms with Crippen LogP contribution in [0.4, 0.5) is 18.0 Å². The maximum absolute atomic E-state index is 11.3. The van der Waals surface area contributed by atoms with Gasteiger partial charge < -0.3 is 4.18 Å². The molecule has 0 fully saturated rings. The highest BCUT2D eigenvalue weighted by Gasteiger charge is 2.49. The van der Waals surface area contributed by atoms with Crippen LogP contribution in [0.3, 0.4) is 0 Å². The van der Waals surface area contributed by atoms with Crippen LogP contribution in [0.5, 0.6) is 0 Å². The smallest absolute Gasteiger partial charge is 0.326 e. The van der Waals surface area contributed by atoms with E-state index in [0.29, 0.717) is 0 Å². The maximum Gasteiger partial charge on any atom is 0.534 e. The van der Waals surface area contributed by atoms with Gasteiger partial charge in [-0.2, -0.15) is 21.6 Å². The fourth-order valence-corrected chi connectivity index (χ4v) is 0.649. The lowest BCUT2D eigenvalue weighted by Crippen LogP contribution is -2.26. The molecule has 0 aliphatic heterocycles. The van der Waals surface area contributed by atoms with Gasteiger partial charge in [0.2, 0.25) is 0 Å². The van der Waals surface area contributed by atoms with Gasteiger partial charge in [0, 0.05) is 11.6 Å². The van der Waals surface area contributed by atoms with Crippen LogP contribution in [-0.4, -0.2) is 19.4 Å². The second-order valence-corrected chi connectivity index (χ2v) is 3.07. The number of rotatable bonds is 1. The Labute approximate surface area is 64.0 Å². The minimum Gasteiger partial charge on any atom is -0.326 e. The number of carbonyl (C=O) groups excluding carboxylic acids is 1. The highest BCUT2D eigenvalue weighted by molar-refractivity contribution is 7.88. The van der Waals surface area contributed by atoms with Crippen LogP contribution in [0.25, 0.3) is 0 Å². The van der Waals surface area contributed by atoms with Crippen LogP contribution in [-0.2, 0) is 14.3 Å². The van der Waals surface area contributed by atoms with E-state index < -0.39 is 21.1 Å². The summed E-state index contributed by atoms with van der Waals surface area (Å²) in [5, 5.41) is 0. The van der Waals surface area contributed by atoms with Gasteiger partial charge in [-0.3, -0.25) is 0 Å². The van der Waals surface area contributed by atoms with Crippen molar-refractivity contribution in [3.05, 3.63) is 0 Å². The molecule has 0 bridgehead atoms. The first kappa shape index (κ1) is 10.5. The molecule has 0 aliphatic rings. The highest BCUT2D eigenvalue weighted by Crippen LogP contribution is 2.24. The first-order valence-corrected chi connectivity index (χ1v) is 3.65. The van der Waals surface area contributed by atoms with E-state index in [4.69, 9.17) is 0 Å². The molecule has 0 spiro atoms. The summed E-state index contributed by atoms with van der Waals surface area (Å²) in [6.07, 6.45) is 0. The second-order valence-electron chi connectivity index (χ2n) is 1.22. The van der Waals surface area contributed by atoms with Crippen molar-refractivity contribution in [3.8, 4) is 0 Å². The van der Waals surface area contributed by atoms with Crippen molar-refractivity contribution in [2.75, 3.05) is 0 Å². The molecule has 0 saturated carbocycles. The topological polar surface area (TPSA) is 60.4 Å². The zero-order valence-electron chi connectivity index (χ0n) is 4.55. The molecular weight excluding hydrogens is 213 g/mol. The third-order valence-electron chi connectivity index (χ3n) is 0.459. The number of hydrogen-bond donors (Lipinski definition) is 0. The van der Waals surface area contributed by atoms with Crippen molar-refractivity contribution in [2.45, 2.75) is 5.51 Å². The van der Waals surface area contributed by atoms with Crippen molar-refractivity contribution in [1.29, 1.82) is 0 Å². The number of halogens is 4. The molecule has 0 aromatic carbocycles. The zero-order chi connectivity index (χ0) is 9.28. The van der Waals surface area contributed by atoms with Crippen LogP contribution in [0, 0.1) is 0 Å². The molecule has 0 unspecified atom stereocenters. The third kappa shape index (κ3) is 2.93. The zero-order valence-corrected chi connectivity index (χ0v) is 6.13. The SMILES string of the molecule is O=C(Cl)OS(=O)(=O)C(F)(F)F. The molecule has 0 aliphatic carbocycles. The Bertz CT molecular complexity index is 253. The van der Waals surface area contributed by atoms with Crippen molar-refractivity contribution < 1.29 is 30.6 Å². The Morgan fingerprint density at radius 3 is 1.82 bits per heavy atom. The number of carbonyl (C=O) groups is 1. The molecule has 66 valence electrons. The molecule has 0 rings (SSSR count). The molecule has 0 N–H and O–H groups in total. The predicted molar refractivity (Wildman–Crippen MR) is 27.3 cm³/mol. The highest BCUT2D eigenvalue weighted by atomic mass is 35.5. The first-order valence-electron chi connectivity index (χ1n) is 1.87. The Hall–Kier alpha value is -0.500. The molecule has 0 atom stereocenters. The lowest BCUT2D eigenvalue weighted by atomic mass is 11.6. The van der Waals surface area contributed by atoms with E-state index >= 15 is 0 Å². The van der Waals surface area contributed by atoms with E-state index in [1.165, 1.54) is 0 Å². The van der Waals surface area contributed by atoms with E-state index in [9.17, 15) is 26.4 Å². The van der Waals surface area contributed by atoms with E-state index in [0.717, 1.165) is 0 Å². The molecule has 11 heavy (non-hydrogen) atoms. The summed E-state index contributed by atoms with van der Waals surface area (Å²) in [5.74, 6) is 0. The van der Waals surface area contributed by atoms with E-state index in [1.54, 1.807) is 0 Å². The van der Waals surface area contributed by atoms with Crippen molar-refractivity contribution in [2.24, 2.45) is 0 Å². The predicted octanol–water partition coefficient (Wildman–Crippen LogP) is 1.21. The Morgan fingerprint density at radius 1 is 1.36 bits per heavy atom. The monoisotopic (exact) mass is 212 g/mol. The number of hydrogen-bond acceptors (Lipinski definition) is 4. The average molecular weight is 213 g/mol. The normalized spacial score (nSPS) is 12.7. The van der Waals surface area contributed by atoms with Gasteiger partial charge in [0.1, 0.15) is 0 Å².